The van der Waals surface area contributed by atoms with Crippen LogP contribution >= 0.6 is 0 Å². The second-order valence-corrected chi connectivity index (χ2v) is 5.71. The molecule has 5 heteroatoms. The summed E-state index contributed by atoms with van der Waals surface area (Å²) in [7, 11) is 1.95. The average Bonchev–Trinajstić information content (AvgIpc) is 2.61. The van der Waals surface area contributed by atoms with Crippen LogP contribution in [0, 0.1) is 11.3 Å². The fourth-order valence-electron chi connectivity index (χ4n) is 2.73. The Hall–Kier alpha value is -2.71. The van der Waals surface area contributed by atoms with E-state index in [1.807, 2.05) is 36.2 Å². The van der Waals surface area contributed by atoms with Gasteiger partial charge in [-0.2, -0.15) is 5.26 Å². The third kappa shape index (κ3) is 4.90. The number of aromatic nitrogens is 1. The standard InChI is InChI=1S/C19H22N4O/c1-3-18(17-7-9-21-10-8-17)23(2)14-19(24)22-13-16-6-4-5-15(11-16)12-20/h4-11,18H,3,13-14H2,1-2H3,(H,22,24). The second kappa shape index (κ2) is 8.80. The Labute approximate surface area is 142 Å². The highest BCUT2D eigenvalue weighted by Gasteiger charge is 2.17. The number of benzene rings is 1. The van der Waals surface area contributed by atoms with Crippen LogP contribution in [-0.4, -0.2) is 29.4 Å². The van der Waals surface area contributed by atoms with Crippen LogP contribution in [0.1, 0.15) is 36.1 Å². The van der Waals surface area contributed by atoms with Gasteiger partial charge in [0.05, 0.1) is 18.2 Å². The van der Waals surface area contributed by atoms with Gasteiger partial charge in [-0.25, -0.2) is 0 Å². The van der Waals surface area contributed by atoms with Gasteiger partial charge in [0.25, 0.3) is 0 Å². The lowest BCUT2D eigenvalue weighted by molar-refractivity contribution is -0.122. The van der Waals surface area contributed by atoms with E-state index in [-0.39, 0.29) is 11.9 Å². The first-order valence-corrected chi connectivity index (χ1v) is 8.00. The van der Waals surface area contributed by atoms with E-state index in [0.717, 1.165) is 17.5 Å². The number of nitrogens with one attached hydrogen (secondary N) is 1. The zero-order valence-corrected chi connectivity index (χ0v) is 14.1. The summed E-state index contributed by atoms with van der Waals surface area (Å²) in [5.41, 5.74) is 2.68. The molecule has 2 rings (SSSR count). The third-order valence-electron chi connectivity index (χ3n) is 3.95. The van der Waals surface area contributed by atoms with Crippen molar-refractivity contribution in [3.8, 4) is 6.07 Å². The molecule has 24 heavy (non-hydrogen) atoms. The predicted octanol–water partition coefficient (Wildman–Crippen LogP) is 2.65. The molecule has 1 atom stereocenters. The van der Waals surface area contributed by atoms with Gasteiger partial charge in [0.2, 0.25) is 5.91 Å². The molecule has 0 saturated carbocycles. The summed E-state index contributed by atoms with van der Waals surface area (Å²) in [6, 6.07) is 13.5. The van der Waals surface area contributed by atoms with Crippen LogP contribution in [0.5, 0.6) is 0 Å². The summed E-state index contributed by atoms with van der Waals surface area (Å²) in [4.78, 5) is 18.3. The molecule has 0 aliphatic carbocycles. The number of amides is 1. The molecular weight excluding hydrogens is 300 g/mol. The first kappa shape index (κ1) is 17.6. The number of carbonyl (C=O) groups excluding carboxylic acids is 1. The zero-order valence-electron chi connectivity index (χ0n) is 14.1. The SMILES string of the molecule is CCC(c1ccncc1)N(C)CC(=O)NCc1cccc(C#N)c1. The van der Waals surface area contributed by atoms with Crippen LogP contribution in [0.2, 0.25) is 0 Å². The molecule has 5 nitrogen and oxygen atoms in total. The van der Waals surface area contributed by atoms with E-state index in [9.17, 15) is 4.79 Å². The first-order valence-electron chi connectivity index (χ1n) is 8.00. The minimum Gasteiger partial charge on any atom is -0.351 e. The summed E-state index contributed by atoms with van der Waals surface area (Å²) < 4.78 is 0. The van der Waals surface area contributed by atoms with Crippen LogP contribution < -0.4 is 5.32 Å². The molecular formula is C19H22N4O. The summed E-state index contributed by atoms with van der Waals surface area (Å²) in [6.45, 7) is 2.85. The van der Waals surface area contributed by atoms with E-state index in [1.54, 1.807) is 24.5 Å². The summed E-state index contributed by atoms with van der Waals surface area (Å²) >= 11 is 0. The highest BCUT2D eigenvalue weighted by Crippen LogP contribution is 2.21. The molecule has 0 fully saturated rings. The predicted molar refractivity (Wildman–Crippen MR) is 92.9 cm³/mol. The fraction of sp³-hybridized carbons (Fsp3) is 0.316. The number of carbonyl (C=O) groups is 1. The fourth-order valence-corrected chi connectivity index (χ4v) is 2.73. The van der Waals surface area contributed by atoms with E-state index >= 15 is 0 Å². The van der Waals surface area contributed by atoms with Crippen molar-refractivity contribution in [2.45, 2.75) is 25.9 Å². The Morgan fingerprint density at radius 3 is 2.75 bits per heavy atom. The van der Waals surface area contributed by atoms with Crippen molar-refractivity contribution in [3.63, 3.8) is 0 Å². The summed E-state index contributed by atoms with van der Waals surface area (Å²) in [5, 5.41) is 11.8. The lowest BCUT2D eigenvalue weighted by Crippen LogP contribution is -2.36. The maximum absolute atomic E-state index is 12.2. The largest absolute Gasteiger partial charge is 0.351 e. The Balaban J connectivity index is 1.90. The molecule has 1 N–H and O–H groups in total. The molecule has 1 aromatic heterocycles. The molecule has 0 saturated heterocycles. The zero-order chi connectivity index (χ0) is 17.4. The Kier molecular flexibility index (Phi) is 6.47. The van der Waals surface area contributed by atoms with E-state index < -0.39 is 0 Å². The van der Waals surface area contributed by atoms with E-state index in [0.29, 0.717) is 18.7 Å². The van der Waals surface area contributed by atoms with Gasteiger partial charge in [-0.15, -0.1) is 0 Å². The summed E-state index contributed by atoms with van der Waals surface area (Å²) in [6.07, 6.45) is 4.46. The first-order chi connectivity index (χ1) is 11.6. The van der Waals surface area contributed by atoms with Crippen LogP contribution in [0.25, 0.3) is 0 Å². The lowest BCUT2D eigenvalue weighted by Gasteiger charge is -2.26. The van der Waals surface area contributed by atoms with Gasteiger partial charge in [-0.05, 0) is 48.9 Å². The van der Waals surface area contributed by atoms with Crippen LogP contribution in [0.3, 0.4) is 0 Å². The topological polar surface area (TPSA) is 69.0 Å². The van der Waals surface area contributed by atoms with Crippen LogP contribution in [0.15, 0.2) is 48.8 Å². The minimum absolute atomic E-state index is 0.0348. The monoisotopic (exact) mass is 322 g/mol. The van der Waals surface area contributed by atoms with Crippen molar-refractivity contribution < 1.29 is 4.79 Å². The normalized spacial score (nSPS) is 11.8. The van der Waals surface area contributed by atoms with E-state index in [1.165, 1.54) is 0 Å². The molecule has 1 unspecified atom stereocenters. The smallest absolute Gasteiger partial charge is 0.234 e. The average molecular weight is 322 g/mol. The molecule has 0 bridgehead atoms. The molecule has 1 heterocycles. The second-order valence-electron chi connectivity index (χ2n) is 5.71. The number of nitrogens with zero attached hydrogens (tertiary/aromatic N) is 3. The number of hydrogen-bond donors (Lipinski definition) is 1. The quantitative estimate of drug-likeness (QED) is 0.851. The molecule has 0 spiro atoms. The maximum atomic E-state index is 12.2. The number of pyridine rings is 1. The van der Waals surface area contributed by atoms with E-state index in [4.69, 9.17) is 5.26 Å². The molecule has 0 aliphatic rings. The lowest BCUT2D eigenvalue weighted by atomic mass is 10.0. The van der Waals surface area contributed by atoms with Gasteiger partial charge in [0, 0.05) is 25.0 Å². The molecule has 1 amide bonds. The third-order valence-corrected chi connectivity index (χ3v) is 3.95. The van der Waals surface area contributed by atoms with Gasteiger partial charge in [-0.1, -0.05) is 19.1 Å². The van der Waals surface area contributed by atoms with Gasteiger partial charge in [0.15, 0.2) is 0 Å². The Morgan fingerprint density at radius 1 is 1.33 bits per heavy atom. The van der Waals surface area contributed by atoms with Gasteiger partial charge in [-0.3, -0.25) is 14.7 Å². The number of hydrogen-bond acceptors (Lipinski definition) is 4. The number of rotatable bonds is 7. The molecule has 1 aromatic carbocycles. The van der Waals surface area contributed by atoms with Crippen molar-refractivity contribution in [3.05, 3.63) is 65.5 Å². The molecule has 124 valence electrons. The van der Waals surface area contributed by atoms with Crippen LogP contribution in [-0.2, 0) is 11.3 Å². The van der Waals surface area contributed by atoms with Crippen molar-refractivity contribution in [2.24, 2.45) is 0 Å². The number of nitriles is 1. The Bertz CT molecular complexity index is 709. The maximum Gasteiger partial charge on any atom is 0.234 e. The van der Waals surface area contributed by atoms with Crippen molar-refractivity contribution in [1.82, 2.24) is 15.2 Å². The van der Waals surface area contributed by atoms with E-state index in [2.05, 4.69) is 23.3 Å². The minimum atomic E-state index is -0.0348. The Morgan fingerprint density at radius 2 is 2.08 bits per heavy atom. The molecule has 2 aromatic rings. The molecule has 0 radical (unpaired) electrons. The molecule has 0 aliphatic heterocycles. The highest BCUT2D eigenvalue weighted by atomic mass is 16.2. The summed E-state index contributed by atoms with van der Waals surface area (Å²) in [5.74, 6) is -0.0348. The van der Waals surface area contributed by atoms with Crippen LogP contribution in [0.4, 0.5) is 0 Å². The number of likely N-dealkylation sites (N-methyl/N-ethyl adjacent to an activating group) is 1. The van der Waals surface area contributed by atoms with Crippen molar-refractivity contribution in [1.29, 1.82) is 5.26 Å². The van der Waals surface area contributed by atoms with Gasteiger partial charge in [0.1, 0.15) is 0 Å². The highest BCUT2D eigenvalue weighted by molar-refractivity contribution is 5.78. The van der Waals surface area contributed by atoms with Gasteiger partial charge >= 0.3 is 0 Å². The van der Waals surface area contributed by atoms with Crippen molar-refractivity contribution >= 4 is 5.91 Å². The van der Waals surface area contributed by atoms with Crippen molar-refractivity contribution in [2.75, 3.05) is 13.6 Å². The van der Waals surface area contributed by atoms with Gasteiger partial charge < -0.3 is 5.32 Å².